The number of nitrogens with one attached hydrogen (secondary N) is 1. The average molecular weight is 340 g/mol. The number of carbonyl (C=O) groups excluding carboxylic acids is 1. The fraction of sp³-hybridized carbons (Fsp3) is 0.462. The largest absolute Gasteiger partial charge is 0.383 e. The molecule has 0 fully saturated rings. The lowest BCUT2D eigenvalue weighted by atomic mass is 10.1. The third kappa shape index (κ3) is 3.57. The number of nitrogens with two attached hydrogens (primary N) is 1. The molecule has 112 valence electrons. The lowest BCUT2D eigenvalue weighted by Crippen LogP contribution is -2.44. The predicted octanol–water partition coefficient (Wildman–Crippen LogP) is 2.49. The summed E-state index contributed by atoms with van der Waals surface area (Å²) in [7, 11) is 1.51. The van der Waals surface area contributed by atoms with E-state index in [-0.39, 0.29) is 31.0 Å². The number of amides is 1. The summed E-state index contributed by atoms with van der Waals surface area (Å²) in [6.07, 6.45) is 1.61. The molecule has 2 unspecified atom stereocenters. The van der Waals surface area contributed by atoms with E-state index in [0.717, 1.165) is 24.0 Å². The lowest BCUT2D eigenvalue weighted by molar-refractivity contribution is -0.124. The van der Waals surface area contributed by atoms with Crippen LogP contribution in [0.5, 0.6) is 0 Å². The van der Waals surface area contributed by atoms with Crippen LogP contribution in [-0.4, -0.2) is 25.7 Å². The summed E-state index contributed by atoms with van der Waals surface area (Å²) >= 11 is 12.1. The first-order valence-corrected chi connectivity index (χ1v) is 6.82. The van der Waals surface area contributed by atoms with Crippen LogP contribution in [0.1, 0.15) is 23.6 Å². The minimum Gasteiger partial charge on any atom is -0.383 e. The standard InChI is InChI=1S/C13H16Cl2N2O2.ClH/c1-19-6-10(16)13(18)17-11-5-3-8-7(11)2-4-9(14)12(8)15;/h2,4,10-11H,3,5-6,16H2,1H3,(H,17,18);1H. The van der Waals surface area contributed by atoms with Crippen molar-refractivity contribution in [3.8, 4) is 0 Å². The Morgan fingerprint density at radius 1 is 1.55 bits per heavy atom. The maximum absolute atomic E-state index is 11.9. The van der Waals surface area contributed by atoms with Crippen molar-refractivity contribution in [2.45, 2.75) is 24.9 Å². The zero-order valence-electron chi connectivity index (χ0n) is 11.0. The van der Waals surface area contributed by atoms with E-state index in [2.05, 4.69) is 5.32 Å². The summed E-state index contributed by atoms with van der Waals surface area (Å²) in [5.74, 6) is -0.217. The molecule has 2 atom stereocenters. The van der Waals surface area contributed by atoms with E-state index in [4.69, 9.17) is 33.7 Å². The molecule has 0 saturated carbocycles. The Balaban J connectivity index is 0.00000200. The summed E-state index contributed by atoms with van der Waals surface area (Å²) in [4.78, 5) is 11.9. The Labute approximate surface area is 134 Å². The molecule has 1 aromatic carbocycles. The molecule has 1 amide bonds. The monoisotopic (exact) mass is 338 g/mol. The molecule has 0 radical (unpaired) electrons. The normalized spacial score (nSPS) is 18.1. The van der Waals surface area contributed by atoms with Crippen molar-refractivity contribution >= 4 is 41.5 Å². The maximum atomic E-state index is 11.9. The fourth-order valence-electron chi connectivity index (χ4n) is 2.32. The van der Waals surface area contributed by atoms with Gasteiger partial charge in [0, 0.05) is 7.11 Å². The smallest absolute Gasteiger partial charge is 0.239 e. The Hall–Kier alpha value is -0.520. The van der Waals surface area contributed by atoms with Crippen molar-refractivity contribution in [3.05, 3.63) is 33.3 Å². The topological polar surface area (TPSA) is 64.3 Å². The number of methoxy groups -OCH3 is 1. The molecule has 20 heavy (non-hydrogen) atoms. The quantitative estimate of drug-likeness (QED) is 0.886. The molecule has 0 aromatic heterocycles. The Bertz CT molecular complexity index is 497. The second kappa shape index (κ2) is 7.48. The SMILES string of the molecule is COCC(N)C(=O)NC1CCc2c1ccc(Cl)c2Cl.Cl. The number of benzene rings is 1. The van der Waals surface area contributed by atoms with Crippen LogP contribution in [0, 0.1) is 0 Å². The van der Waals surface area contributed by atoms with Crippen LogP contribution < -0.4 is 11.1 Å². The van der Waals surface area contributed by atoms with E-state index in [1.165, 1.54) is 7.11 Å². The van der Waals surface area contributed by atoms with Gasteiger partial charge in [0.25, 0.3) is 0 Å². The molecule has 7 heteroatoms. The summed E-state index contributed by atoms with van der Waals surface area (Å²) in [6.45, 7) is 0.201. The first-order valence-electron chi connectivity index (χ1n) is 6.06. The summed E-state index contributed by atoms with van der Waals surface area (Å²) in [5, 5.41) is 4.05. The van der Waals surface area contributed by atoms with E-state index >= 15 is 0 Å². The first kappa shape index (κ1) is 17.5. The molecule has 1 aliphatic carbocycles. The van der Waals surface area contributed by atoms with Gasteiger partial charge in [-0.3, -0.25) is 4.79 Å². The molecular formula is C13H17Cl3N2O2. The number of ether oxygens (including phenoxy) is 1. The molecule has 0 saturated heterocycles. The highest BCUT2D eigenvalue weighted by molar-refractivity contribution is 6.42. The van der Waals surface area contributed by atoms with Gasteiger partial charge in [0.15, 0.2) is 0 Å². The molecule has 1 aliphatic rings. The van der Waals surface area contributed by atoms with E-state index in [1.54, 1.807) is 6.07 Å². The van der Waals surface area contributed by atoms with Crippen LogP contribution in [-0.2, 0) is 16.0 Å². The van der Waals surface area contributed by atoms with Gasteiger partial charge >= 0.3 is 0 Å². The molecule has 0 aliphatic heterocycles. The minimum atomic E-state index is -0.656. The third-order valence-corrected chi connectivity index (χ3v) is 4.13. The highest BCUT2D eigenvalue weighted by Crippen LogP contribution is 2.38. The maximum Gasteiger partial charge on any atom is 0.239 e. The predicted molar refractivity (Wildman–Crippen MR) is 82.8 cm³/mol. The summed E-state index contributed by atoms with van der Waals surface area (Å²) in [6, 6.07) is 2.95. The highest BCUT2D eigenvalue weighted by Gasteiger charge is 2.28. The van der Waals surface area contributed by atoms with Crippen molar-refractivity contribution < 1.29 is 9.53 Å². The molecule has 4 nitrogen and oxygen atoms in total. The fourth-order valence-corrected chi connectivity index (χ4v) is 2.76. The van der Waals surface area contributed by atoms with Crippen LogP contribution in [0.2, 0.25) is 10.0 Å². The highest BCUT2D eigenvalue weighted by atomic mass is 35.5. The van der Waals surface area contributed by atoms with E-state index in [9.17, 15) is 4.79 Å². The Kier molecular flexibility index (Phi) is 6.55. The first-order chi connectivity index (χ1) is 9.04. The van der Waals surface area contributed by atoms with Crippen LogP contribution >= 0.6 is 35.6 Å². The Morgan fingerprint density at radius 3 is 2.90 bits per heavy atom. The molecule has 3 N–H and O–H groups in total. The van der Waals surface area contributed by atoms with Crippen molar-refractivity contribution in [2.75, 3.05) is 13.7 Å². The van der Waals surface area contributed by atoms with Crippen molar-refractivity contribution in [2.24, 2.45) is 5.73 Å². The molecule has 0 heterocycles. The van der Waals surface area contributed by atoms with Crippen molar-refractivity contribution in [3.63, 3.8) is 0 Å². The van der Waals surface area contributed by atoms with Gasteiger partial charge in [0.1, 0.15) is 6.04 Å². The van der Waals surface area contributed by atoms with Gasteiger partial charge in [-0.25, -0.2) is 0 Å². The van der Waals surface area contributed by atoms with Crippen molar-refractivity contribution in [1.82, 2.24) is 5.32 Å². The van der Waals surface area contributed by atoms with Gasteiger partial charge in [-0.05, 0) is 30.0 Å². The number of rotatable bonds is 4. The second-order valence-electron chi connectivity index (χ2n) is 4.59. The molecule has 0 bridgehead atoms. The van der Waals surface area contributed by atoms with Gasteiger partial charge in [0.2, 0.25) is 5.91 Å². The number of fused-ring (bicyclic) bond motifs is 1. The number of hydrogen-bond donors (Lipinski definition) is 2. The van der Waals surface area contributed by atoms with Gasteiger partial charge in [-0.1, -0.05) is 29.3 Å². The number of carbonyl (C=O) groups is 1. The van der Waals surface area contributed by atoms with Gasteiger partial charge < -0.3 is 15.8 Å². The third-order valence-electron chi connectivity index (χ3n) is 3.29. The summed E-state index contributed by atoms with van der Waals surface area (Å²) in [5.41, 5.74) is 7.73. The van der Waals surface area contributed by atoms with E-state index < -0.39 is 6.04 Å². The Morgan fingerprint density at radius 2 is 2.25 bits per heavy atom. The van der Waals surface area contributed by atoms with E-state index in [0.29, 0.717) is 10.0 Å². The number of halogens is 3. The van der Waals surface area contributed by atoms with Gasteiger partial charge in [0.05, 0.1) is 22.7 Å². The molecule has 0 spiro atoms. The van der Waals surface area contributed by atoms with Crippen molar-refractivity contribution in [1.29, 1.82) is 0 Å². The zero-order chi connectivity index (χ0) is 14.0. The number of hydrogen-bond acceptors (Lipinski definition) is 3. The van der Waals surface area contributed by atoms with Gasteiger partial charge in [-0.15, -0.1) is 12.4 Å². The van der Waals surface area contributed by atoms with Crippen LogP contribution in [0.25, 0.3) is 0 Å². The minimum absolute atomic E-state index is 0. The lowest BCUT2D eigenvalue weighted by Gasteiger charge is -2.17. The molecule has 1 aromatic rings. The average Bonchev–Trinajstić information content (AvgIpc) is 2.78. The van der Waals surface area contributed by atoms with E-state index in [1.807, 2.05) is 6.07 Å². The van der Waals surface area contributed by atoms with Crippen LogP contribution in [0.4, 0.5) is 0 Å². The van der Waals surface area contributed by atoms with Crippen LogP contribution in [0.15, 0.2) is 12.1 Å². The molecular weight excluding hydrogens is 323 g/mol. The van der Waals surface area contributed by atoms with Crippen LogP contribution in [0.3, 0.4) is 0 Å². The van der Waals surface area contributed by atoms with Gasteiger partial charge in [-0.2, -0.15) is 0 Å². The summed E-state index contributed by atoms with van der Waals surface area (Å²) < 4.78 is 4.87. The second-order valence-corrected chi connectivity index (χ2v) is 5.38. The zero-order valence-corrected chi connectivity index (χ0v) is 13.3. The molecule has 2 rings (SSSR count).